The molecule has 3 N–H and O–H groups in total. The largest absolute Gasteiger partial charge is 0.508 e. The molecule has 3 aromatic carbocycles. The molecule has 0 aliphatic carbocycles. The molecule has 10 nitrogen and oxygen atoms in total. The lowest BCUT2D eigenvalue weighted by molar-refractivity contribution is -0.384. The van der Waals surface area contributed by atoms with E-state index >= 15 is 0 Å². The number of benzene rings is 3. The average Bonchev–Trinajstić information content (AvgIpc) is 2.94. The standard InChI is InChI=1S/C28H23N5O5S2/c1-30-14-16-40-26-17-23(31-27(35)12-5-19-3-8-21(9-4-19)33(37)38)25(39-15-2-13-29)18-24(26)32-28(36)20-6-10-22(34)11-7-20/h3-12,17-18,34H,2,14-16H2,(H,31,35)(H,32,36)/b12-5+. The van der Waals surface area contributed by atoms with Crippen molar-refractivity contribution in [2.24, 2.45) is 0 Å². The van der Waals surface area contributed by atoms with Crippen molar-refractivity contribution in [3.05, 3.63) is 99.4 Å². The average molecular weight is 574 g/mol. The maximum atomic E-state index is 12.9. The maximum Gasteiger partial charge on any atom is 0.269 e. The van der Waals surface area contributed by atoms with Crippen molar-refractivity contribution in [1.29, 1.82) is 5.26 Å². The monoisotopic (exact) mass is 573 g/mol. The van der Waals surface area contributed by atoms with Crippen LogP contribution in [0.25, 0.3) is 10.9 Å². The topological polar surface area (TPSA) is 150 Å². The zero-order valence-electron chi connectivity index (χ0n) is 21.0. The summed E-state index contributed by atoms with van der Waals surface area (Å²) in [6, 6.07) is 17.1. The highest BCUT2D eigenvalue weighted by Crippen LogP contribution is 2.38. The summed E-state index contributed by atoms with van der Waals surface area (Å²) in [5.74, 6) is 0.0974. The Hall–Kier alpha value is -4.78. The first-order valence-electron chi connectivity index (χ1n) is 11.8. The van der Waals surface area contributed by atoms with Crippen LogP contribution in [0.1, 0.15) is 22.3 Å². The van der Waals surface area contributed by atoms with Crippen molar-refractivity contribution < 1.29 is 19.6 Å². The molecule has 3 aromatic rings. The van der Waals surface area contributed by atoms with E-state index in [0.29, 0.717) is 43.8 Å². The smallest absolute Gasteiger partial charge is 0.269 e. The summed E-state index contributed by atoms with van der Waals surface area (Å²) in [5, 5.41) is 35.1. The third-order valence-electron chi connectivity index (χ3n) is 5.18. The highest BCUT2D eigenvalue weighted by Gasteiger charge is 2.16. The van der Waals surface area contributed by atoms with E-state index in [9.17, 15) is 24.8 Å². The summed E-state index contributed by atoms with van der Waals surface area (Å²) >= 11 is 2.69. The minimum atomic E-state index is -0.504. The molecule has 0 unspecified atom stereocenters. The number of nitrogens with one attached hydrogen (secondary N) is 2. The van der Waals surface area contributed by atoms with Gasteiger partial charge < -0.3 is 20.6 Å². The number of thioether (sulfide) groups is 2. The molecular formula is C28H23N5O5S2. The summed E-state index contributed by atoms with van der Waals surface area (Å²) in [6.45, 7) is 7.33. The van der Waals surface area contributed by atoms with Gasteiger partial charge in [-0.1, -0.05) is 0 Å². The van der Waals surface area contributed by atoms with E-state index < -0.39 is 16.7 Å². The number of non-ortho nitro benzene ring substituents is 1. The van der Waals surface area contributed by atoms with Crippen LogP contribution in [0, 0.1) is 28.0 Å². The highest BCUT2D eigenvalue weighted by atomic mass is 32.2. The lowest BCUT2D eigenvalue weighted by atomic mass is 10.2. The second kappa shape index (κ2) is 15.0. The Balaban J connectivity index is 1.89. The minimum absolute atomic E-state index is 0.0332. The van der Waals surface area contributed by atoms with Gasteiger partial charge in [0.05, 0.1) is 28.1 Å². The van der Waals surface area contributed by atoms with E-state index in [1.54, 1.807) is 12.1 Å². The lowest BCUT2D eigenvalue weighted by Gasteiger charge is -2.17. The van der Waals surface area contributed by atoms with Crippen LogP contribution < -0.4 is 10.6 Å². The van der Waals surface area contributed by atoms with E-state index in [2.05, 4.69) is 21.5 Å². The number of rotatable bonds is 12. The molecule has 0 bridgehead atoms. The van der Waals surface area contributed by atoms with Crippen molar-refractivity contribution in [1.82, 2.24) is 0 Å². The lowest BCUT2D eigenvalue weighted by Crippen LogP contribution is -2.14. The molecule has 3 rings (SSSR count). The third-order valence-corrected chi connectivity index (χ3v) is 7.27. The van der Waals surface area contributed by atoms with E-state index in [0.717, 1.165) is 0 Å². The number of phenolic OH excluding ortho intramolecular Hbond substituents is 1. The molecular weight excluding hydrogens is 550 g/mol. The number of nitro benzene ring substituents is 1. The fourth-order valence-electron chi connectivity index (χ4n) is 3.26. The van der Waals surface area contributed by atoms with Gasteiger partial charge in [0.15, 0.2) is 0 Å². The molecule has 0 aromatic heterocycles. The summed E-state index contributed by atoms with van der Waals surface area (Å²) in [4.78, 5) is 40.7. The number of nitro groups is 1. The summed E-state index contributed by atoms with van der Waals surface area (Å²) in [7, 11) is 0. The zero-order chi connectivity index (χ0) is 28.9. The number of hydrogen-bond acceptors (Lipinski definition) is 8. The SMILES string of the molecule is [C-]#[N+]CCSc1cc(NC(=O)/C=C/c2ccc([N+](=O)[O-])cc2)c(SCCC#N)cc1NC(=O)c1ccc(O)cc1. The maximum absolute atomic E-state index is 12.9. The van der Waals surface area contributed by atoms with Gasteiger partial charge in [-0.05, 0) is 60.2 Å². The molecule has 12 heteroatoms. The number of carbonyl (C=O) groups is 2. The van der Waals surface area contributed by atoms with Crippen molar-refractivity contribution >= 4 is 58.5 Å². The molecule has 202 valence electrons. The van der Waals surface area contributed by atoms with Crippen LogP contribution in [0.5, 0.6) is 5.75 Å². The second-order valence-corrected chi connectivity index (χ2v) is 10.3. The fourth-order valence-corrected chi connectivity index (χ4v) is 5.01. The Morgan fingerprint density at radius 3 is 2.25 bits per heavy atom. The molecule has 0 saturated heterocycles. The Morgan fingerprint density at radius 2 is 1.65 bits per heavy atom. The third kappa shape index (κ3) is 8.91. The van der Waals surface area contributed by atoms with Gasteiger partial charge in [-0.3, -0.25) is 19.7 Å². The van der Waals surface area contributed by atoms with Crippen molar-refractivity contribution in [2.75, 3.05) is 28.7 Å². The van der Waals surface area contributed by atoms with Crippen LogP contribution in [-0.2, 0) is 4.79 Å². The van der Waals surface area contributed by atoms with Crippen LogP contribution >= 0.6 is 23.5 Å². The quantitative estimate of drug-likeness (QED) is 0.0577. The molecule has 0 aliphatic heterocycles. The zero-order valence-corrected chi connectivity index (χ0v) is 22.6. The number of phenols is 1. The van der Waals surface area contributed by atoms with Gasteiger partial charge in [0.25, 0.3) is 11.6 Å². The predicted octanol–water partition coefficient (Wildman–Crippen LogP) is 6.22. The number of carbonyl (C=O) groups excluding carboxylic acids is 2. The number of nitrogens with zero attached hydrogens (tertiary/aromatic N) is 3. The molecule has 0 heterocycles. The number of aromatic hydroxyl groups is 1. The Morgan fingerprint density at radius 1 is 1.02 bits per heavy atom. The first-order chi connectivity index (χ1) is 19.3. The van der Waals surface area contributed by atoms with E-state index in [1.807, 2.05) is 0 Å². The van der Waals surface area contributed by atoms with E-state index in [1.165, 1.54) is 84.2 Å². The summed E-state index contributed by atoms with van der Waals surface area (Å²) < 4.78 is 0. The summed E-state index contributed by atoms with van der Waals surface area (Å²) in [6.07, 6.45) is 3.10. The number of amides is 2. The second-order valence-electron chi connectivity index (χ2n) is 8.00. The van der Waals surface area contributed by atoms with Gasteiger partial charge in [0.1, 0.15) is 5.75 Å². The highest BCUT2D eigenvalue weighted by molar-refractivity contribution is 8.00. The van der Waals surface area contributed by atoms with Gasteiger partial charge in [0, 0.05) is 45.7 Å². The van der Waals surface area contributed by atoms with Gasteiger partial charge in [-0.25, -0.2) is 6.57 Å². The van der Waals surface area contributed by atoms with Gasteiger partial charge in [-0.15, -0.1) is 23.5 Å². The molecule has 0 atom stereocenters. The fraction of sp³-hybridized carbons (Fsp3) is 0.143. The number of nitriles is 1. The Kier molecular flexibility index (Phi) is 11.1. The van der Waals surface area contributed by atoms with Crippen LogP contribution in [0.15, 0.2) is 76.5 Å². The molecule has 0 spiro atoms. The van der Waals surface area contributed by atoms with Crippen LogP contribution in [0.3, 0.4) is 0 Å². The predicted molar refractivity (Wildman–Crippen MR) is 156 cm³/mol. The molecule has 0 radical (unpaired) electrons. The van der Waals surface area contributed by atoms with Crippen molar-refractivity contribution in [3.8, 4) is 11.8 Å². The molecule has 0 aliphatic rings. The molecule has 2 amide bonds. The van der Waals surface area contributed by atoms with Crippen LogP contribution in [0.4, 0.5) is 17.1 Å². The minimum Gasteiger partial charge on any atom is -0.508 e. The van der Waals surface area contributed by atoms with Crippen LogP contribution in [0.2, 0.25) is 0 Å². The van der Waals surface area contributed by atoms with E-state index in [-0.39, 0.29) is 24.4 Å². The first kappa shape index (κ1) is 29.8. The van der Waals surface area contributed by atoms with Gasteiger partial charge in [-0.2, -0.15) is 5.26 Å². The first-order valence-corrected chi connectivity index (χ1v) is 13.8. The van der Waals surface area contributed by atoms with Crippen LogP contribution in [-0.4, -0.2) is 39.9 Å². The Labute approximate surface area is 239 Å². The molecule has 40 heavy (non-hydrogen) atoms. The number of anilines is 2. The summed E-state index contributed by atoms with van der Waals surface area (Å²) in [5.41, 5.74) is 1.83. The van der Waals surface area contributed by atoms with Gasteiger partial charge >= 0.3 is 0 Å². The molecule has 0 fully saturated rings. The van der Waals surface area contributed by atoms with Crippen molar-refractivity contribution in [2.45, 2.75) is 16.2 Å². The van der Waals surface area contributed by atoms with E-state index in [4.69, 9.17) is 11.8 Å². The Bertz CT molecular complexity index is 1490. The normalized spacial score (nSPS) is 10.4. The van der Waals surface area contributed by atoms with Crippen molar-refractivity contribution in [3.63, 3.8) is 0 Å². The van der Waals surface area contributed by atoms with Gasteiger partial charge in [0.2, 0.25) is 12.5 Å². The molecule has 0 saturated carbocycles. The number of hydrogen-bond donors (Lipinski definition) is 3.